The molecule has 1 fully saturated rings. The van der Waals surface area contributed by atoms with Crippen molar-refractivity contribution in [1.29, 1.82) is 0 Å². The average molecular weight is 364 g/mol. The fourth-order valence-corrected chi connectivity index (χ4v) is 3.94. The second kappa shape index (κ2) is 7.57. The number of nitro groups is 1. The van der Waals surface area contributed by atoms with Crippen molar-refractivity contribution in [3.05, 3.63) is 34.4 Å². The number of hydrogen-bond acceptors (Lipinski definition) is 5. The molecule has 2 N–H and O–H groups in total. The summed E-state index contributed by atoms with van der Waals surface area (Å²) in [5.41, 5.74) is -0.436. The molecule has 9 heteroatoms. The van der Waals surface area contributed by atoms with Crippen molar-refractivity contribution in [2.45, 2.75) is 37.6 Å². The third kappa shape index (κ3) is 4.63. The van der Waals surface area contributed by atoms with Gasteiger partial charge in [0.2, 0.25) is 10.0 Å². The molecule has 2 rings (SSSR count). The van der Waals surface area contributed by atoms with Gasteiger partial charge >= 0.3 is 0 Å². The number of nitrogens with zero attached hydrogens (tertiary/aromatic N) is 1. The van der Waals surface area contributed by atoms with Gasteiger partial charge in [-0.3, -0.25) is 10.1 Å². The topological polar surface area (TPSA) is 101 Å². The summed E-state index contributed by atoms with van der Waals surface area (Å²) < 4.78 is 27.2. The molecule has 1 heterocycles. The molecular weight excluding hydrogens is 342 g/mol. The summed E-state index contributed by atoms with van der Waals surface area (Å²) in [7, 11) is -3.92. The van der Waals surface area contributed by atoms with Crippen LogP contribution in [-0.2, 0) is 10.0 Å². The Morgan fingerprint density at radius 1 is 1.39 bits per heavy atom. The lowest BCUT2D eigenvalue weighted by molar-refractivity contribution is -0.387. The van der Waals surface area contributed by atoms with Gasteiger partial charge in [-0.05, 0) is 30.9 Å². The van der Waals surface area contributed by atoms with Gasteiger partial charge in [0.05, 0.1) is 4.92 Å². The van der Waals surface area contributed by atoms with Crippen LogP contribution in [0.15, 0.2) is 29.2 Å². The molecule has 1 aromatic carbocycles. The zero-order valence-electron chi connectivity index (χ0n) is 13.1. The molecule has 0 saturated carbocycles. The van der Waals surface area contributed by atoms with E-state index in [4.69, 9.17) is 0 Å². The monoisotopic (exact) mass is 363 g/mol. The van der Waals surface area contributed by atoms with E-state index in [2.05, 4.69) is 23.9 Å². The third-order valence-electron chi connectivity index (χ3n) is 4.16. The molecule has 130 valence electrons. The molecule has 0 aromatic heterocycles. The maximum absolute atomic E-state index is 12.4. The maximum atomic E-state index is 12.4. The molecule has 1 aromatic rings. The molecule has 1 saturated heterocycles. The maximum Gasteiger partial charge on any atom is 0.289 e. The van der Waals surface area contributed by atoms with Crippen LogP contribution >= 0.6 is 12.4 Å². The summed E-state index contributed by atoms with van der Waals surface area (Å²) in [5, 5.41) is 14.3. The number of para-hydroxylation sites is 1. The number of hydrogen-bond donors (Lipinski definition) is 2. The van der Waals surface area contributed by atoms with E-state index in [1.165, 1.54) is 24.3 Å². The summed E-state index contributed by atoms with van der Waals surface area (Å²) in [4.78, 5) is 10.00. The van der Waals surface area contributed by atoms with Crippen LogP contribution in [0.25, 0.3) is 0 Å². The van der Waals surface area contributed by atoms with Crippen LogP contribution in [0.3, 0.4) is 0 Å². The highest BCUT2D eigenvalue weighted by molar-refractivity contribution is 7.89. The summed E-state index contributed by atoms with van der Waals surface area (Å²) in [5.74, 6) is 0. The zero-order chi connectivity index (χ0) is 16.4. The molecule has 0 amide bonds. The van der Waals surface area contributed by atoms with E-state index in [0.717, 1.165) is 19.4 Å². The van der Waals surface area contributed by atoms with Crippen LogP contribution in [0.1, 0.15) is 26.7 Å². The highest BCUT2D eigenvalue weighted by Gasteiger charge is 2.33. The quantitative estimate of drug-likeness (QED) is 0.616. The molecule has 7 nitrogen and oxygen atoms in total. The van der Waals surface area contributed by atoms with Crippen molar-refractivity contribution in [3.63, 3.8) is 0 Å². The number of sulfonamides is 1. The predicted molar refractivity (Wildman–Crippen MR) is 90.3 cm³/mol. The van der Waals surface area contributed by atoms with Crippen LogP contribution in [0.4, 0.5) is 5.69 Å². The van der Waals surface area contributed by atoms with Crippen LogP contribution in [0.2, 0.25) is 0 Å². The second-order valence-electron chi connectivity index (χ2n) is 6.18. The summed E-state index contributed by atoms with van der Waals surface area (Å²) >= 11 is 0. The number of nitrogens with one attached hydrogen (secondary N) is 2. The van der Waals surface area contributed by atoms with Gasteiger partial charge in [0.25, 0.3) is 5.69 Å². The second-order valence-corrected chi connectivity index (χ2v) is 7.91. The fourth-order valence-electron chi connectivity index (χ4n) is 2.73. The number of nitro benzene ring substituents is 1. The minimum atomic E-state index is -3.92. The van der Waals surface area contributed by atoms with Gasteiger partial charge in [-0.2, -0.15) is 0 Å². The molecule has 23 heavy (non-hydrogen) atoms. The van der Waals surface area contributed by atoms with E-state index < -0.39 is 20.6 Å². The van der Waals surface area contributed by atoms with Crippen molar-refractivity contribution in [1.82, 2.24) is 10.0 Å². The number of rotatable bonds is 5. The predicted octanol–water partition coefficient (Wildman–Crippen LogP) is 2.07. The largest absolute Gasteiger partial charge is 0.312 e. The van der Waals surface area contributed by atoms with Crippen molar-refractivity contribution in [2.24, 2.45) is 5.41 Å². The molecule has 1 unspecified atom stereocenters. The average Bonchev–Trinajstić information content (AvgIpc) is 2.45. The lowest BCUT2D eigenvalue weighted by Crippen LogP contribution is -2.52. The van der Waals surface area contributed by atoms with E-state index in [-0.39, 0.29) is 35.3 Å². The van der Waals surface area contributed by atoms with Gasteiger partial charge in [-0.25, -0.2) is 13.1 Å². The highest BCUT2D eigenvalue weighted by atomic mass is 35.5. The zero-order valence-corrected chi connectivity index (χ0v) is 14.7. The first kappa shape index (κ1) is 19.8. The summed E-state index contributed by atoms with van der Waals surface area (Å²) in [6.45, 7) is 5.23. The molecule has 0 aliphatic carbocycles. The van der Waals surface area contributed by atoms with E-state index in [9.17, 15) is 18.5 Å². The Labute approximate surface area is 142 Å². The molecule has 0 bridgehead atoms. The molecular formula is C14H22ClN3O4S. The van der Waals surface area contributed by atoms with Gasteiger partial charge in [0.15, 0.2) is 4.90 Å². The van der Waals surface area contributed by atoms with Gasteiger partial charge in [0.1, 0.15) is 0 Å². The van der Waals surface area contributed by atoms with Crippen LogP contribution in [0.5, 0.6) is 0 Å². The number of halogens is 1. The van der Waals surface area contributed by atoms with Gasteiger partial charge in [-0.1, -0.05) is 26.0 Å². The Kier molecular flexibility index (Phi) is 6.52. The summed E-state index contributed by atoms with van der Waals surface area (Å²) in [6.07, 6.45) is 2.07. The van der Waals surface area contributed by atoms with Crippen LogP contribution in [-0.4, -0.2) is 32.5 Å². The first-order valence-corrected chi connectivity index (χ1v) is 8.69. The Morgan fingerprint density at radius 2 is 2.04 bits per heavy atom. The normalized spacial score (nSPS) is 20.5. The Hall–Kier alpha value is -1.22. The first-order chi connectivity index (χ1) is 10.2. The molecule has 0 spiro atoms. The molecule has 1 aliphatic rings. The fraction of sp³-hybridized carbons (Fsp3) is 0.571. The highest BCUT2D eigenvalue weighted by Crippen LogP contribution is 2.30. The lowest BCUT2D eigenvalue weighted by Gasteiger charge is -2.39. The molecule has 1 aliphatic heterocycles. The first-order valence-electron chi connectivity index (χ1n) is 7.20. The third-order valence-corrected chi connectivity index (χ3v) is 5.63. The smallest absolute Gasteiger partial charge is 0.289 e. The van der Waals surface area contributed by atoms with Crippen LogP contribution in [0, 0.1) is 15.5 Å². The van der Waals surface area contributed by atoms with Crippen molar-refractivity contribution < 1.29 is 13.3 Å². The Bertz CT molecular complexity index is 664. The van der Waals surface area contributed by atoms with E-state index in [1.54, 1.807) is 0 Å². The SMILES string of the molecule is CC1(C)CCCNC1CNS(=O)(=O)c1ccccc1[N+](=O)[O-].Cl. The Morgan fingerprint density at radius 3 is 2.65 bits per heavy atom. The standard InChI is InChI=1S/C14H21N3O4S.ClH/c1-14(2)8-5-9-15-13(14)10-16-22(20,21)12-7-4-3-6-11(12)17(18)19;/h3-4,6-7,13,15-16H,5,8-10H2,1-2H3;1H. The minimum Gasteiger partial charge on any atom is -0.312 e. The number of piperidine rings is 1. The van der Waals surface area contributed by atoms with E-state index in [1.807, 2.05) is 0 Å². The van der Waals surface area contributed by atoms with E-state index >= 15 is 0 Å². The lowest BCUT2D eigenvalue weighted by atomic mass is 9.78. The minimum absolute atomic E-state index is 0. The van der Waals surface area contributed by atoms with Gasteiger partial charge in [-0.15, -0.1) is 12.4 Å². The summed E-state index contributed by atoms with van der Waals surface area (Å²) in [6, 6.07) is 5.36. The van der Waals surface area contributed by atoms with Crippen LogP contribution < -0.4 is 10.0 Å². The number of benzene rings is 1. The van der Waals surface area contributed by atoms with Crippen molar-refractivity contribution >= 4 is 28.1 Å². The van der Waals surface area contributed by atoms with E-state index in [0.29, 0.717) is 0 Å². The van der Waals surface area contributed by atoms with Crippen molar-refractivity contribution in [2.75, 3.05) is 13.1 Å². The van der Waals surface area contributed by atoms with Gasteiger partial charge in [0, 0.05) is 18.7 Å². The molecule has 1 atom stereocenters. The Balaban J connectivity index is 0.00000264. The van der Waals surface area contributed by atoms with Crippen molar-refractivity contribution in [3.8, 4) is 0 Å². The van der Waals surface area contributed by atoms with Gasteiger partial charge < -0.3 is 5.32 Å². The molecule has 0 radical (unpaired) electrons.